The van der Waals surface area contributed by atoms with Gasteiger partial charge in [-0.3, -0.25) is 4.98 Å². The van der Waals surface area contributed by atoms with Crippen LogP contribution < -0.4 is 5.32 Å². The second kappa shape index (κ2) is 5.21. The molecule has 0 fully saturated rings. The summed E-state index contributed by atoms with van der Waals surface area (Å²) in [5.74, 6) is 0.455. The molecule has 0 atom stereocenters. The fraction of sp³-hybridized carbons (Fsp3) is 0.357. The minimum atomic E-state index is 0.455. The van der Waals surface area contributed by atoms with Crippen LogP contribution in [0.5, 0.6) is 0 Å². The summed E-state index contributed by atoms with van der Waals surface area (Å²) in [4.78, 5) is 4.72. The Kier molecular flexibility index (Phi) is 3.86. The molecule has 3 heteroatoms. The van der Waals surface area contributed by atoms with Gasteiger partial charge in [-0.25, -0.2) is 0 Å². The van der Waals surface area contributed by atoms with Crippen LogP contribution in [0.1, 0.15) is 32.4 Å². The predicted molar refractivity (Wildman–Crippen MR) is 82.7 cm³/mol. The van der Waals surface area contributed by atoms with Crippen molar-refractivity contribution in [2.75, 3.05) is 11.9 Å². The summed E-state index contributed by atoms with van der Waals surface area (Å²) in [6.45, 7) is 7.41. The summed E-state index contributed by atoms with van der Waals surface area (Å²) in [6.07, 6.45) is 0. The Morgan fingerprint density at radius 1 is 1.29 bits per heavy atom. The SMILES string of the molecule is CCNc1cc(C(C)C)nc2ccc(I)cc12. The molecule has 2 nitrogen and oxygen atoms in total. The van der Waals surface area contributed by atoms with Crippen LogP contribution in [-0.4, -0.2) is 11.5 Å². The Hall–Kier alpha value is -0.840. The van der Waals surface area contributed by atoms with E-state index in [0.29, 0.717) is 5.92 Å². The van der Waals surface area contributed by atoms with Gasteiger partial charge in [-0.1, -0.05) is 13.8 Å². The zero-order valence-electron chi connectivity index (χ0n) is 10.4. The van der Waals surface area contributed by atoms with Gasteiger partial charge in [-0.2, -0.15) is 0 Å². The molecule has 2 aromatic rings. The van der Waals surface area contributed by atoms with Crippen LogP contribution in [0, 0.1) is 3.57 Å². The van der Waals surface area contributed by atoms with Crippen molar-refractivity contribution >= 4 is 39.2 Å². The van der Waals surface area contributed by atoms with E-state index in [9.17, 15) is 0 Å². The third-order valence-electron chi connectivity index (χ3n) is 2.75. The lowest BCUT2D eigenvalue weighted by atomic mass is 10.1. The van der Waals surface area contributed by atoms with E-state index in [-0.39, 0.29) is 0 Å². The molecule has 1 N–H and O–H groups in total. The molecule has 1 aromatic carbocycles. The Morgan fingerprint density at radius 3 is 2.71 bits per heavy atom. The molecule has 0 aliphatic rings. The van der Waals surface area contributed by atoms with Gasteiger partial charge < -0.3 is 5.32 Å². The van der Waals surface area contributed by atoms with Gasteiger partial charge in [0, 0.05) is 26.9 Å². The highest BCUT2D eigenvalue weighted by molar-refractivity contribution is 14.1. The van der Waals surface area contributed by atoms with Crippen LogP contribution in [0.15, 0.2) is 24.3 Å². The highest BCUT2D eigenvalue weighted by Crippen LogP contribution is 2.27. The first kappa shape index (κ1) is 12.6. The number of anilines is 1. The maximum Gasteiger partial charge on any atom is 0.0726 e. The summed E-state index contributed by atoms with van der Waals surface area (Å²) in [5.41, 5.74) is 3.42. The van der Waals surface area contributed by atoms with Crippen LogP contribution in [-0.2, 0) is 0 Å². The molecule has 0 aliphatic heterocycles. The standard InChI is InChI=1S/C14H17IN2/c1-4-16-14-8-13(9(2)3)17-12-6-5-10(15)7-11(12)14/h5-9H,4H2,1-3H3,(H,16,17). The fourth-order valence-corrected chi connectivity index (χ4v) is 2.34. The molecule has 0 bridgehead atoms. The van der Waals surface area contributed by atoms with E-state index >= 15 is 0 Å². The number of pyridine rings is 1. The zero-order valence-corrected chi connectivity index (χ0v) is 12.6. The van der Waals surface area contributed by atoms with Crippen molar-refractivity contribution in [3.8, 4) is 0 Å². The van der Waals surface area contributed by atoms with E-state index in [1.165, 1.54) is 14.6 Å². The maximum atomic E-state index is 4.72. The van der Waals surface area contributed by atoms with Gasteiger partial charge in [0.2, 0.25) is 0 Å². The Balaban J connectivity index is 2.67. The van der Waals surface area contributed by atoms with E-state index < -0.39 is 0 Å². The van der Waals surface area contributed by atoms with Gasteiger partial charge in [0.1, 0.15) is 0 Å². The fourth-order valence-electron chi connectivity index (χ4n) is 1.85. The van der Waals surface area contributed by atoms with Gasteiger partial charge in [-0.05, 0) is 59.7 Å². The van der Waals surface area contributed by atoms with E-state index in [1.54, 1.807) is 0 Å². The van der Waals surface area contributed by atoms with Crippen molar-refractivity contribution in [2.45, 2.75) is 26.7 Å². The summed E-state index contributed by atoms with van der Waals surface area (Å²) >= 11 is 2.34. The molecule has 90 valence electrons. The average molecular weight is 340 g/mol. The van der Waals surface area contributed by atoms with Crippen LogP contribution in [0.4, 0.5) is 5.69 Å². The highest BCUT2D eigenvalue weighted by atomic mass is 127. The first-order valence-corrected chi connectivity index (χ1v) is 7.03. The highest BCUT2D eigenvalue weighted by Gasteiger charge is 2.08. The second-order valence-electron chi connectivity index (χ2n) is 4.44. The van der Waals surface area contributed by atoms with Crippen LogP contribution in [0.3, 0.4) is 0 Å². The van der Waals surface area contributed by atoms with Gasteiger partial charge in [0.15, 0.2) is 0 Å². The smallest absolute Gasteiger partial charge is 0.0726 e. The van der Waals surface area contributed by atoms with Gasteiger partial charge in [0.05, 0.1) is 5.52 Å². The van der Waals surface area contributed by atoms with Crippen LogP contribution in [0.25, 0.3) is 10.9 Å². The largest absolute Gasteiger partial charge is 0.385 e. The number of hydrogen-bond donors (Lipinski definition) is 1. The molecule has 0 saturated heterocycles. The molecule has 0 amide bonds. The number of aromatic nitrogens is 1. The summed E-state index contributed by atoms with van der Waals surface area (Å²) < 4.78 is 1.24. The number of halogens is 1. The number of nitrogens with zero attached hydrogens (tertiary/aromatic N) is 1. The predicted octanol–water partition coefficient (Wildman–Crippen LogP) is 4.39. The number of rotatable bonds is 3. The summed E-state index contributed by atoms with van der Waals surface area (Å²) in [7, 11) is 0. The zero-order chi connectivity index (χ0) is 12.4. The molecule has 17 heavy (non-hydrogen) atoms. The van der Waals surface area contributed by atoms with E-state index in [0.717, 1.165) is 17.8 Å². The maximum absolute atomic E-state index is 4.72. The summed E-state index contributed by atoms with van der Waals surface area (Å²) in [6, 6.07) is 8.57. The monoisotopic (exact) mass is 340 g/mol. The first-order chi connectivity index (χ1) is 8.11. The number of benzene rings is 1. The lowest BCUT2D eigenvalue weighted by Gasteiger charge is -2.12. The van der Waals surface area contributed by atoms with E-state index in [1.807, 2.05) is 0 Å². The van der Waals surface area contributed by atoms with Crippen molar-refractivity contribution in [1.82, 2.24) is 4.98 Å². The Morgan fingerprint density at radius 2 is 2.06 bits per heavy atom. The molecule has 0 saturated carbocycles. The lowest BCUT2D eigenvalue weighted by Crippen LogP contribution is -2.01. The average Bonchev–Trinajstić information content (AvgIpc) is 2.29. The molecular formula is C14H17IN2. The molecule has 0 aliphatic carbocycles. The minimum Gasteiger partial charge on any atom is -0.385 e. The van der Waals surface area contributed by atoms with Crippen molar-refractivity contribution in [3.63, 3.8) is 0 Å². The number of nitrogens with one attached hydrogen (secondary N) is 1. The normalized spacial score (nSPS) is 11.1. The van der Waals surface area contributed by atoms with Crippen LogP contribution >= 0.6 is 22.6 Å². The van der Waals surface area contributed by atoms with E-state index in [2.05, 4.69) is 72.9 Å². The lowest BCUT2D eigenvalue weighted by molar-refractivity contribution is 0.830. The van der Waals surface area contributed by atoms with Crippen molar-refractivity contribution in [2.24, 2.45) is 0 Å². The third-order valence-corrected chi connectivity index (χ3v) is 3.42. The van der Waals surface area contributed by atoms with Crippen molar-refractivity contribution in [1.29, 1.82) is 0 Å². The van der Waals surface area contributed by atoms with Crippen molar-refractivity contribution in [3.05, 3.63) is 33.5 Å². The van der Waals surface area contributed by atoms with E-state index in [4.69, 9.17) is 4.98 Å². The van der Waals surface area contributed by atoms with Crippen molar-refractivity contribution < 1.29 is 0 Å². The molecule has 0 unspecified atom stereocenters. The number of fused-ring (bicyclic) bond motifs is 1. The molecule has 2 rings (SSSR count). The number of hydrogen-bond acceptors (Lipinski definition) is 2. The molecule has 0 radical (unpaired) electrons. The third kappa shape index (κ3) is 2.70. The quantitative estimate of drug-likeness (QED) is 0.838. The summed E-state index contributed by atoms with van der Waals surface area (Å²) in [5, 5.41) is 4.64. The van der Waals surface area contributed by atoms with Crippen LogP contribution in [0.2, 0.25) is 0 Å². The molecular weight excluding hydrogens is 323 g/mol. The molecule has 0 spiro atoms. The Bertz CT molecular complexity index is 535. The first-order valence-electron chi connectivity index (χ1n) is 5.96. The minimum absolute atomic E-state index is 0.455. The molecule has 1 aromatic heterocycles. The topological polar surface area (TPSA) is 24.9 Å². The van der Waals surface area contributed by atoms with Gasteiger partial charge in [0.25, 0.3) is 0 Å². The molecule has 1 heterocycles. The van der Waals surface area contributed by atoms with Gasteiger partial charge >= 0.3 is 0 Å². The second-order valence-corrected chi connectivity index (χ2v) is 5.69. The Labute approximate surface area is 116 Å². The van der Waals surface area contributed by atoms with Gasteiger partial charge in [-0.15, -0.1) is 0 Å².